The molecule has 0 aliphatic carbocycles. The van der Waals surface area contributed by atoms with E-state index < -0.39 is 0 Å². The molecule has 3 heteroatoms. The van der Waals surface area contributed by atoms with Gasteiger partial charge in [0.05, 0.1) is 0 Å². The molecule has 0 N–H and O–H groups in total. The number of nitrogens with zero attached hydrogens (tertiary/aromatic N) is 2. The zero-order valence-electron chi connectivity index (χ0n) is 13.8. The van der Waals surface area contributed by atoms with Crippen LogP contribution in [0.4, 0.5) is 4.39 Å². The van der Waals surface area contributed by atoms with Crippen molar-refractivity contribution >= 4 is 10.9 Å². The van der Waals surface area contributed by atoms with Gasteiger partial charge < -0.3 is 9.47 Å². The highest BCUT2D eigenvalue weighted by Crippen LogP contribution is 2.23. The zero-order valence-corrected chi connectivity index (χ0v) is 13.8. The molecule has 0 aliphatic heterocycles. The first kappa shape index (κ1) is 15.8. The topological polar surface area (TPSA) is 8.17 Å². The van der Waals surface area contributed by atoms with E-state index in [0.29, 0.717) is 6.54 Å². The van der Waals surface area contributed by atoms with Crippen molar-refractivity contribution in [1.82, 2.24) is 9.47 Å². The van der Waals surface area contributed by atoms with Crippen molar-refractivity contribution in [2.45, 2.75) is 19.4 Å². The van der Waals surface area contributed by atoms with Crippen molar-refractivity contribution in [3.05, 3.63) is 71.7 Å². The van der Waals surface area contributed by atoms with E-state index in [9.17, 15) is 4.39 Å². The lowest BCUT2D eigenvalue weighted by Gasteiger charge is -2.08. The molecule has 0 amide bonds. The molecule has 0 radical (unpaired) electrons. The number of hydrogen-bond donors (Lipinski definition) is 0. The highest BCUT2D eigenvalue weighted by atomic mass is 19.1. The number of hydrogen-bond acceptors (Lipinski definition) is 1. The van der Waals surface area contributed by atoms with Crippen molar-refractivity contribution < 1.29 is 4.39 Å². The lowest BCUT2D eigenvalue weighted by molar-refractivity contribution is 0.400. The number of halogens is 1. The van der Waals surface area contributed by atoms with Gasteiger partial charge in [-0.05, 0) is 62.8 Å². The molecule has 0 spiro atoms. The predicted molar refractivity (Wildman–Crippen MR) is 94.3 cm³/mol. The van der Waals surface area contributed by atoms with E-state index in [4.69, 9.17) is 0 Å². The van der Waals surface area contributed by atoms with Gasteiger partial charge in [0.2, 0.25) is 0 Å². The van der Waals surface area contributed by atoms with E-state index in [1.165, 1.54) is 22.5 Å². The maximum Gasteiger partial charge on any atom is 0.123 e. The second-order valence-electron chi connectivity index (χ2n) is 6.34. The van der Waals surface area contributed by atoms with Crippen molar-refractivity contribution in [3.63, 3.8) is 0 Å². The fourth-order valence-electron chi connectivity index (χ4n) is 3.07. The zero-order chi connectivity index (χ0) is 16.2. The number of fused-ring (bicyclic) bond motifs is 1. The molecule has 3 aromatic rings. The summed E-state index contributed by atoms with van der Waals surface area (Å²) < 4.78 is 15.6. The first-order valence-electron chi connectivity index (χ1n) is 8.09. The summed E-state index contributed by atoms with van der Waals surface area (Å²) in [6.07, 6.45) is 4.43. The maximum absolute atomic E-state index is 13.4. The van der Waals surface area contributed by atoms with Gasteiger partial charge in [-0.1, -0.05) is 30.3 Å². The average molecular weight is 310 g/mol. The van der Waals surface area contributed by atoms with E-state index in [-0.39, 0.29) is 5.82 Å². The molecule has 1 aromatic heterocycles. The van der Waals surface area contributed by atoms with Crippen molar-refractivity contribution in [3.8, 4) is 0 Å². The molecule has 3 rings (SSSR count). The molecule has 23 heavy (non-hydrogen) atoms. The highest BCUT2D eigenvalue weighted by Gasteiger charge is 2.09. The average Bonchev–Trinajstić information content (AvgIpc) is 2.85. The van der Waals surface area contributed by atoms with Crippen LogP contribution in [0.1, 0.15) is 17.5 Å². The number of aryl methyl sites for hydroxylation is 1. The second-order valence-corrected chi connectivity index (χ2v) is 6.34. The minimum atomic E-state index is -0.176. The molecule has 0 fully saturated rings. The monoisotopic (exact) mass is 310 g/mol. The molecular weight excluding hydrogens is 287 g/mol. The third kappa shape index (κ3) is 3.80. The Morgan fingerprint density at radius 3 is 2.65 bits per heavy atom. The molecule has 2 aromatic carbocycles. The third-order valence-corrected chi connectivity index (χ3v) is 4.16. The number of para-hydroxylation sites is 1. The number of rotatable bonds is 6. The lowest BCUT2D eigenvalue weighted by atomic mass is 10.1. The predicted octanol–water partition coefficient (Wildman–Crippen LogP) is 4.32. The van der Waals surface area contributed by atoms with Crippen LogP contribution in [0.25, 0.3) is 10.9 Å². The summed E-state index contributed by atoms with van der Waals surface area (Å²) in [6, 6.07) is 15.3. The molecule has 120 valence electrons. The van der Waals surface area contributed by atoms with E-state index >= 15 is 0 Å². The summed E-state index contributed by atoms with van der Waals surface area (Å²) in [5.74, 6) is -0.176. The van der Waals surface area contributed by atoms with Gasteiger partial charge in [0.15, 0.2) is 0 Å². The molecule has 0 unspecified atom stereocenters. The van der Waals surface area contributed by atoms with Gasteiger partial charge in [0, 0.05) is 23.6 Å². The molecule has 0 saturated carbocycles. The first-order chi connectivity index (χ1) is 11.1. The highest BCUT2D eigenvalue weighted by molar-refractivity contribution is 5.84. The standard InChI is InChI=1S/C20H23FN2/c1-22(2)12-6-8-17-15-23(20-11-4-3-10-19(17)20)14-16-7-5-9-18(21)13-16/h3-5,7,9-11,13,15H,6,8,12,14H2,1-2H3. The summed E-state index contributed by atoms with van der Waals surface area (Å²) in [7, 11) is 4.21. The van der Waals surface area contributed by atoms with E-state index in [0.717, 1.165) is 24.9 Å². The Morgan fingerprint density at radius 2 is 1.87 bits per heavy atom. The van der Waals surface area contributed by atoms with Gasteiger partial charge in [-0.25, -0.2) is 4.39 Å². The van der Waals surface area contributed by atoms with Crippen LogP contribution < -0.4 is 0 Å². The van der Waals surface area contributed by atoms with Crippen molar-refractivity contribution in [1.29, 1.82) is 0 Å². The van der Waals surface area contributed by atoms with Gasteiger partial charge in [0.1, 0.15) is 5.82 Å². The molecule has 0 bridgehead atoms. The molecular formula is C20H23FN2. The Hall–Kier alpha value is -2.13. The fourth-order valence-corrected chi connectivity index (χ4v) is 3.07. The van der Waals surface area contributed by atoms with Gasteiger partial charge in [-0.15, -0.1) is 0 Å². The Balaban J connectivity index is 1.88. The van der Waals surface area contributed by atoms with Crippen LogP contribution in [-0.2, 0) is 13.0 Å². The van der Waals surface area contributed by atoms with Crippen LogP contribution in [0.3, 0.4) is 0 Å². The second kappa shape index (κ2) is 6.97. The van der Waals surface area contributed by atoms with Gasteiger partial charge >= 0.3 is 0 Å². The minimum absolute atomic E-state index is 0.176. The van der Waals surface area contributed by atoms with Crippen LogP contribution in [-0.4, -0.2) is 30.1 Å². The Morgan fingerprint density at radius 1 is 1.04 bits per heavy atom. The Kier molecular flexibility index (Phi) is 4.77. The Bertz CT molecular complexity index is 789. The summed E-state index contributed by atoms with van der Waals surface area (Å²) in [4.78, 5) is 2.21. The minimum Gasteiger partial charge on any atom is -0.343 e. The number of aromatic nitrogens is 1. The number of benzene rings is 2. The third-order valence-electron chi connectivity index (χ3n) is 4.16. The van der Waals surface area contributed by atoms with Crippen molar-refractivity contribution in [2.75, 3.05) is 20.6 Å². The van der Waals surface area contributed by atoms with Crippen LogP contribution in [0, 0.1) is 5.82 Å². The lowest BCUT2D eigenvalue weighted by Crippen LogP contribution is -2.13. The molecule has 0 saturated heterocycles. The van der Waals surface area contributed by atoms with Gasteiger partial charge in [-0.3, -0.25) is 0 Å². The normalized spacial score (nSPS) is 11.5. The Labute approximate surface area is 137 Å². The van der Waals surface area contributed by atoms with Crippen LogP contribution >= 0.6 is 0 Å². The fraction of sp³-hybridized carbons (Fsp3) is 0.300. The molecule has 0 aliphatic rings. The van der Waals surface area contributed by atoms with E-state index in [2.05, 4.69) is 54.0 Å². The van der Waals surface area contributed by atoms with Gasteiger partial charge in [0.25, 0.3) is 0 Å². The molecule has 0 atom stereocenters. The van der Waals surface area contributed by atoms with Crippen LogP contribution in [0.15, 0.2) is 54.7 Å². The largest absolute Gasteiger partial charge is 0.343 e. The summed E-state index contributed by atoms with van der Waals surface area (Å²) in [5.41, 5.74) is 3.58. The maximum atomic E-state index is 13.4. The quantitative estimate of drug-likeness (QED) is 0.658. The summed E-state index contributed by atoms with van der Waals surface area (Å²) >= 11 is 0. The van der Waals surface area contributed by atoms with E-state index in [1.54, 1.807) is 12.1 Å². The first-order valence-corrected chi connectivity index (χ1v) is 8.09. The van der Waals surface area contributed by atoms with Gasteiger partial charge in [-0.2, -0.15) is 0 Å². The van der Waals surface area contributed by atoms with Crippen LogP contribution in [0.2, 0.25) is 0 Å². The molecule has 2 nitrogen and oxygen atoms in total. The molecule has 1 heterocycles. The van der Waals surface area contributed by atoms with E-state index in [1.807, 2.05) is 6.07 Å². The SMILES string of the molecule is CN(C)CCCc1cn(Cc2cccc(F)c2)c2ccccc12. The smallest absolute Gasteiger partial charge is 0.123 e. The summed E-state index contributed by atoms with van der Waals surface area (Å²) in [6.45, 7) is 1.79. The van der Waals surface area contributed by atoms with Crippen LogP contribution in [0.5, 0.6) is 0 Å². The summed E-state index contributed by atoms with van der Waals surface area (Å²) in [5, 5.41) is 1.31. The van der Waals surface area contributed by atoms with Crippen molar-refractivity contribution in [2.24, 2.45) is 0 Å².